The SMILES string of the molecule is Cn1c(=O)n2n(c1=O)C1C3C=CC1(C2)n1c(=O)n(C)c(=O)n13. The fraction of sp³-hybridized carbons (Fsp3) is 0.500. The van der Waals surface area contributed by atoms with E-state index in [9.17, 15) is 19.2 Å². The van der Waals surface area contributed by atoms with Gasteiger partial charge >= 0.3 is 22.8 Å². The van der Waals surface area contributed by atoms with Crippen molar-refractivity contribution in [3.05, 3.63) is 54.1 Å². The van der Waals surface area contributed by atoms with Gasteiger partial charge in [-0.05, 0) is 0 Å². The van der Waals surface area contributed by atoms with Gasteiger partial charge in [0, 0.05) is 14.1 Å². The summed E-state index contributed by atoms with van der Waals surface area (Å²) in [6.45, 7) is 0.170. The van der Waals surface area contributed by atoms with Gasteiger partial charge in [-0.15, -0.1) is 0 Å². The van der Waals surface area contributed by atoms with Crippen molar-refractivity contribution in [2.24, 2.45) is 14.1 Å². The standard InChI is InChI=1S/C12H12N6O4/c1-13-8(19)15-5-12-4-3-6(7(12)17(15)10(13)21)16-9(20)14(2)11(22)18(12)16/h3-4,6-7H,5H2,1-2H3. The lowest BCUT2D eigenvalue weighted by Crippen LogP contribution is -2.43. The first-order valence-electron chi connectivity index (χ1n) is 6.89. The highest BCUT2D eigenvalue weighted by Gasteiger charge is 2.62. The molecule has 114 valence electrons. The second-order valence-electron chi connectivity index (χ2n) is 6.09. The van der Waals surface area contributed by atoms with E-state index in [1.165, 1.54) is 32.8 Å². The lowest BCUT2D eigenvalue weighted by molar-refractivity contribution is 0.306. The minimum atomic E-state index is -0.852. The number of hydrogen-bond donors (Lipinski definition) is 0. The molecule has 2 aliphatic heterocycles. The van der Waals surface area contributed by atoms with Crippen LogP contribution in [0.25, 0.3) is 0 Å². The number of allylic oxidation sites excluding steroid dienone is 2. The molecule has 0 amide bonds. The average Bonchev–Trinajstić information content (AvgIpc) is 3.19. The maximum absolute atomic E-state index is 12.4. The van der Waals surface area contributed by atoms with Crippen molar-refractivity contribution < 1.29 is 0 Å². The van der Waals surface area contributed by atoms with Crippen molar-refractivity contribution in [2.45, 2.75) is 24.2 Å². The zero-order valence-electron chi connectivity index (χ0n) is 11.8. The summed E-state index contributed by atoms with van der Waals surface area (Å²) in [7, 11) is 2.85. The Hall–Kier alpha value is -2.78. The summed E-state index contributed by atoms with van der Waals surface area (Å²) in [6.07, 6.45) is 3.67. The Morgan fingerprint density at radius 2 is 1.59 bits per heavy atom. The highest BCUT2D eigenvalue weighted by molar-refractivity contribution is 5.28. The molecule has 0 fully saturated rings. The molecule has 0 saturated heterocycles. The van der Waals surface area contributed by atoms with Crippen molar-refractivity contribution in [3.63, 3.8) is 0 Å². The Morgan fingerprint density at radius 1 is 0.955 bits per heavy atom. The van der Waals surface area contributed by atoms with E-state index in [0.717, 1.165) is 9.13 Å². The van der Waals surface area contributed by atoms with Crippen LogP contribution in [-0.2, 0) is 26.2 Å². The first-order chi connectivity index (χ1) is 10.4. The van der Waals surface area contributed by atoms with E-state index >= 15 is 0 Å². The molecule has 2 bridgehead atoms. The minimum Gasteiger partial charge on any atom is -0.246 e. The smallest absolute Gasteiger partial charge is 0.246 e. The molecule has 0 N–H and O–H groups in total. The predicted octanol–water partition coefficient (Wildman–Crippen LogP) is -2.91. The normalized spacial score (nSPS) is 29.9. The predicted molar refractivity (Wildman–Crippen MR) is 73.1 cm³/mol. The zero-order chi connectivity index (χ0) is 15.5. The van der Waals surface area contributed by atoms with Crippen LogP contribution in [0.1, 0.15) is 12.1 Å². The summed E-state index contributed by atoms with van der Waals surface area (Å²) in [5, 5.41) is 0. The summed E-state index contributed by atoms with van der Waals surface area (Å²) in [5.74, 6) is 0. The van der Waals surface area contributed by atoms with Crippen LogP contribution < -0.4 is 22.8 Å². The van der Waals surface area contributed by atoms with Gasteiger partial charge < -0.3 is 0 Å². The highest BCUT2D eigenvalue weighted by Crippen LogP contribution is 2.53. The summed E-state index contributed by atoms with van der Waals surface area (Å²) < 4.78 is 7.61. The van der Waals surface area contributed by atoms with E-state index < -0.39 is 40.4 Å². The fourth-order valence-electron chi connectivity index (χ4n) is 4.20. The first kappa shape index (κ1) is 11.8. The molecule has 10 heteroatoms. The van der Waals surface area contributed by atoms with E-state index in [1.54, 1.807) is 0 Å². The highest BCUT2D eigenvalue weighted by atomic mass is 16.2. The van der Waals surface area contributed by atoms with Gasteiger partial charge in [-0.25, -0.2) is 47.0 Å². The molecule has 5 rings (SSSR count). The molecule has 0 saturated carbocycles. The van der Waals surface area contributed by atoms with Crippen LogP contribution in [0.3, 0.4) is 0 Å². The van der Waals surface area contributed by atoms with Gasteiger partial charge in [-0.2, -0.15) is 0 Å². The van der Waals surface area contributed by atoms with Crippen LogP contribution >= 0.6 is 0 Å². The third-order valence-corrected chi connectivity index (χ3v) is 5.18. The number of rotatable bonds is 0. The fourth-order valence-corrected chi connectivity index (χ4v) is 4.20. The monoisotopic (exact) mass is 304 g/mol. The van der Waals surface area contributed by atoms with Crippen molar-refractivity contribution >= 4 is 0 Å². The largest absolute Gasteiger partial charge is 0.347 e. The van der Waals surface area contributed by atoms with Gasteiger partial charge in [0.25, 0.3) is 0 Å². The zero-order valence-corrected chi connectivity index (χ0v) is 11.8. The van der Waals surface area contributed by atoms with Crippen LogP contribution in [-0.4, -0.2) is 27.9 Å². The van der Waals surface area contributed by atoms with Crippen molar-refractivity contribution in [2.75, 3.05) is 0 Å². The van der Waals surface area contributed by atoms with Gasteiger partial charge in [0.05, 0.1) is 12.6 Å². The Bertz CT molecular complexity index is 1130. The molecular weight excluding hydrogens is 292 g/mol. The van der Waals surface area contributed by atoms with Gasteiger partial charge in [0.2, 0.25) is 0 Å². The molecule has 3 atom stereocenters. The Labute approximate surface area is 121 Å². The molecule has 0 radical (unpaired) electrons. The van der Waals surface area contributed by atoms with Crippen LogP contribution in [0.15, 0.2) is 31.3 Å². The molecule has 3 aliphatic rings. The van der Waals surface area contributed by atoms with Crippen LogP contribution in [0.5, 0.6) is 0 Å². The van der Waals surface area contributed by atoms with Crippen molar-refractivity contribution in [1.82, 2.24) is 27.9 Å². The van der Waals surface area contributed by atoms with Crippen molar-refractivity contribution in [1.29, 1.82) is 0 Å². The molecular formula is C12H12N6O4. The van der Waals surface area contributed by atoms with E-state index in [0.29, 0.717) is 0 Å². The molecule has 1 aliphatic carbocycles. The van der Waals surface area contributed by atoms with Crippen LogP contribution in [0.2, 0.25) is 0 Å². The molecule has 0 aromatic carbocycles. The second-order valence-corrected chi connectivity index (χ2v) is 6.09. The lowest BCUT2D eigenvalue weighted by Gasteiger charge is -2.22. The topological polar surface area (TPSA) is 97.9 Å². The molecule has 4 heterocycles. The summed E-state index contributed by atoms with van der Waals surface area (Å²) in [5.41, 5.74) is -2.54. The van der Waals surface area contributed by atoms with E-state index in [4.69, 9.17) is 0 Å². The molecule has 22 heavy (non-hydrogen) atoms. The Morgan fingerprint density at radius 3 is 2.32 bits per heavy atom. The minimum absolute atomic E-state index is 0.170. The van der Waals surface area contributed by atoms with Gasteiger partial charge in [-0.3, -0.25) is 0 Å². The van der Waals surface area contributed by atoms with E-state index in [1.807, 2.05) is 12.2 Å². The third-order valence-electron chi connectivity index (χ3n) is 5.18. The van der Waals surface area contributed by atoms with Gasteiger partial charge in [-0.1, -0.05) is 12.2 Å². The first-order valence-corrected chi connectivity index (χ1v) is 6.89. The van der Waals surface area contributed by atoms with Crippen LogP contribution in [0, 0.1) is 0 Å². The maximum atomic E-state index is 12.4. The van der Waals surface area contributed by atoms with E-state index in [-0.39, 0.29) is 6.54 Å². The van der Waals surface area contributed by atoms with Gasteiger partial charge in [0.1, 0.15) is 11.6 Å². The molecule has 10 nitrogen and oxygen atoms in total. The number of hydrogen-bond acceptors (Lipinski definition) is 4. The molecule has 3 unspecified atom stereocenters. The molecule has 2 aromatic rings. The summed E-state index contributed by atoms with van der Waals surface area (Å²) >= 11 is 0. The second kappa shape index (κ2) is 3.03. The number of nitrogens with zero attached hydrogens (tertiary/aromatic N) is 6. The third kappa shape index (κ3) is 0.869. The maximum Gasteiger partial charge on any atom is 0.347 e. The number of fused-ring (bicyclic) bond motifs is 3. The van der Waals surface area contributed by atoms with Crippen molar-refractivity contribution in [3.8, 4) is 0 Å². The van der Waals surface area contributed by atoms with Gasteiger partial charge in [0.15, 0.2) is 0 Å². The summed E-state index contributed by atoms with van der Waals surface area (Å²) in [4.78, 5) is 49.2. The quantitative estimate of drug-likeness (QED) is 0.487. The van der Waals surface area contributed by atoms with Crippen LogP contribution in [0.4, 0.5) is 0 Å². The molecule has 2 aromatic heterocycles. The summed E-state index contributed by atoms with van der Waals surface area (Å²) in [6, 6.07) is -0.884. The van der Waals surface area contributed by atoms with E-state index in [2.05, 4.69) is 0 Å². The Kier molecular flexibility index (Phi) is 1.63. The average molecular weight is 304 g/mol. The number of aromatic nitrogens is 6. The Balaban J connectivity index is 1.92. The molecule has 0 spiro atoms. The lowest BCUT2D eigenvalue weighted by atomic mass is 9.95.